The topological polar surface area (TPSA) is 54.4 Å². The molecule has 132 valence electrons. The number of carbonyl (C=O) groups excluding carboxylic acids is 1. The lowest BCUT2D eigenvalue weighted by Crippen LogP contribution is -2.19. The molecule has 0 radical (unpaired) electrons. The molecule has 0 unspecified atom stereocenters. The molecule has 0 aliphatic rings. The van der Waals surface area contributed by atoms with Gasteiger partial charge < -0.3 is 0 Å². The van der Waals surface area contributed by atoms with Crippen LogP contribution in [0.1, 0.15) is 35.9 Å². The van der Waals surface area contributed by atoms with E-state index in [1.54, 1.807) is 6.21 Å². The normalized spacial score (nSPS) is 11.2. The van der Waals surface area contributed by atoms with Crippen molar-refractivity contribution < 1.29 is 4.79 Å². The van der Waals surface area contributed by atoms with Crippen LogP contribution in [0.3, 0.4) is 0 Å². The van der Waals surface area contributed by atoms with Crippen LogP contribution in [0.15, 0.2) is 65.1 Å². The molecule has 0 saturated heterocycles. The summed E-state index contributed by atoms with van der Waals surface area (Å²) in [5.74, 6) is 0.328. The number of aromatic nitrogens is 1. The number of hydrazone groups is 1. The molecule has 1 N–H and O–H groups in total. The maximum Gasteiger partial charge on any atom is 0.246 e. The van der Waals surface area contributed by atoms with E-state index in [0.29, 0.717) is 5.92 Å². The number of rotatable bonds is 6. The summed E-state index contributed by atoms with van der Waals surface area (Å²) in [4.78, 5) is 16.6. The smallest absolute Gasteiger partial charge is 0.246 e. The summed E-state index contributed by atoms with van der Waals surface area (Å²) in [6.45, 7) is 4.32. The van der Waals surface area contributed by atoms with Gasteiger partial charge in [0.1, 0.15) is 5.01 Å². The van der Waals surface area contributed by atoms with Crippen molar-refractivity contribution in [1.29, 1.82) is 0 Å². The Bertz CT molecular complexity index is 883. The molecule has 5 heteroatoms. The monoisotopic (exact) mass is 363 g/mol. The van der Waals surface area contributed by atoms with Gasteiger partial charge in [-0.2, -0.15) is 5.10 Å². The minimum Gasteiger partial charge on any atom is -0.273 e. The molecule has 1 heterocycles. The van der Waals surface area contributed by atoms with Gasteiger partial charge in [-0.05, 0) is 17.0 Å². The molecule has 0 saturated carbocycles. The predicted molar refractivity (Wildman–Crippen MR) is 108 cm³/mol. The van der Waals surface area contributed by atoms with E-state index in [-0.39, 0.29) is 12.3 Å². The van der Waals surface area contributed by atoms with Crippen LogP contribution in [0.4, 0.5) is 0 Å². The summed E-state index contributed by atoms with van der Waals surface area (Å²) in [6, 6.07) is 18.1. The third kappa shape index (κ3) is 4.86. The molecule has 1 aromatic heterocycles. The van der Waals surface area contributed by atoms with Crippen molar-refractivity contribution in [2.75, 3.05) is 0 Å². The molecule has 2 aromatic carbocycles. The summed E-state index contributed by atoms with van der Waals surface area (Å²) in [6.07, 6.45) is 1.88. The van der Waals surface area contributed by atoms with Gasteiger partial charge in [-0.3, -0.25) is 4.79 Å². The van der Waals surface area contributed by atoms with Gasteiger partial charge in [0.05, 0.1) is 18.3 Å². The first-order valence-electron chi connectivity index (χ1n) is 8.53. The zero-order valence-electron chi connectivity index (χ0n) is 14.8. The zero-order chi connectivity index (χ0) is 18.4. The van der Waals surface area contributed by atoms with E-state index in [4.69, 9.17) is 0 Å². The van der Waals surface area contributed by atoms with Gasteiger partial charge in [-0.15, -0.1) is 11.3 Å². The largest absolute Gasteiger partial charge is 0.273 e. The molecule has 4 nitrogen and oxygen atoms in total. The SMILES string of the molecule is CC(C)c1ccc(/C=N\NC(=O)Cc2nc(-c3ccccc3)cs2)cc1. The minimum absolute atomic E-state index is 0.172. The van der Waals surface area contributed by atoms with Gasteiger partial charge in [0.2, 0.25) is 5.91 Å². The van der Waals surface area contributed by atoms with Gasteiger partial charge >= 0.3 is 0 Å². The van der Waals surface area contributed by atoms with E-state index in [9.17, 15) is 4.79 Å². The fourth-order valence-corrected chi connectivity index (χ4v) is 3.26. The molecule has 0 bridgehead atoms. The first-order valence-corrected chi connectivity index (χ1v) is 9.41. The van der Waals surface area contributed by atoms with Crippen LogP contribution in [0.25, 0.3) is 11.3 Å². The average Bonchev–Trinajstić information content (AvgIpc) is 3.11. The molecular formula is C21H21N3OS. The van der Waals surface area contributed by atoms with E-state index in [0.717, 1.165) is 21.8 Å². The summed E-state index contributed by atoms with van der Waals surface area (Å²) in [7, 11) is 0. The van der Waals surface area contributed by atoms with Crippen LogP contribution in [0, 0.1) is 0 Å². The first-order chi connectivity index (χ1) is 12.6. The number of amides is 1. The van der Waals surface area contributed by atoms with Gasteiger partial charge in [0.15, 0.2) is 0 Å². The first kappa shape index (κ1) is 18.0. The number of carbonyl (C=O) groups is 1. The number of benzene rings is 2. The molecule has 0 aliphatic carbocycles. The number of hydrogen-bond donors (Lipinski definition) is 1. The third-order valence-corrected chi connectivity index (χ3v) is 4.79. The highest BCUT2D eigenvalue weighted by atomic mass is 32.1. The lowest BCUT2D eigenvalue weighted by molar-refractivity contribution is -0.120. The van der Waals surface area contributed by atoms with Gasteiger partial charge in [0.25, 0.3) is 0 Å². The van der Waals surface area contributed by atoms with Crippen molar-refractivity contribution in [2.24, 2.45) is 5.10 Å². The molecule has 0 spiro atoms. The fourth-order valence-electron chi connectivity index (χ4n) is 2.46. The quantitative estimate of drug-likeness (QED) is 0.513. The second-order valence-corrected chi connectivity index (χ2v) is 7.23. The molecule has 26 heavy (non-hydrogen) atoms. The molecular weight excluding hydrogens is 342 g/mol. The fraction of sp³-hybridized carbons (Fsp3) is 0.190. The van der Waals surface area contributed by atoms with Crippen LogP contribution in [-0.2, 0) is 11.2 Å². The van der Waals surface area contributed by atoms with Crippen molar-refractivity contribution in [1.82, 2.24) is 10.4 Å². The van der Waals surface area contributed by atoms with Crippen molar-refractivity contribution in [3.8, 4) is 11.3 Å². The van der Waals surface area contributed by atoms with Gasteiger partial charge in [0, 0.05) is 10.9 Å². The number of hydrogen-bond acceptors (Lipinski definition) is 4. The van der Waals surface area contributed by atoms with Crippen LogP contribution in [0.5, 0.6) is 0 Å². The average molecular weight is 363 g/mol. The van der Waals surface area contributed by atoms with Crippen molar-refractivity contribution in [2.45, 2.75) is 26.2 Å². The summed E-state index contributed by atoms with van der Waals surface area (Å²) in [5.41, 5.74) is 6.75. The highest BCUT2D eigenvalue weighted by Crippen LogP contribution is 2.21. The molecule has 0 atom stereocenters. The predicted octanol–water partition coefficient (Wildman–Crippen LogP) is 4.63. The standard InChI is InChI=1S/C21H21N3OS/c1-15(2)17-10-8-16(9-11-17)13-22-24-20(25)12-21-23-19(14-26-21)18-6-4-3-5-7-18/h3-11,13-15H,12H2,1-2H3,(H,24,25)/b22-13-. The maximum atomic E-state index is 12.0. The minimum atomic E-state index is -0.172. The third-order valence-electron chi connectivity index (χ3n) is 3.94. The Morgan fingerprint density at radius 3 is 2.58 bits per heavy atom. The molecule has 3 aromatic rings. The van der Waals surface area contributed by atoms with E-state index in [1.165, 1.54) is 16.9 Å². The molecule has 3 rings (SSSR count). The van der Waals surface area contributed by atoms with Gasteiger partial charge in [-0.1, -0.05) is 68.4 Å². The van der Waals surface area contributed by atoms with Crippen LogP contribution < -0.4 is 5.43 Å². The molecule has 1 amide bonds. The summed E-state index contributed by atoms with van der Waals surface area (Å²) >= 11 is 1.48. The van der Waals surface area contributed by atoms with Crippen LogP contribution in [0.2, 0.25) is 0 Å². The van der Waals surface area contributed by atoms with Gasteiger partial charge in [-0.25, -0.2) is 10.4 Å². The second-order valence-electron chi connectivity index (χ2n) is 6.28. The van der Waals surface area contributed by atoms with Crippen LogP contribution >= 0.6 is 11.3 Å². The second kappa shape index (κ2) is 8.54. The van der Waals surface area contributed by atoms with Crippen molar-refractivity contribution in [3.63, 3.8) is 0 Å². The lowest BCUT2D eigenvalue weighted by atomic mass is 10.0. The maximum absolute atomic E-state index is 12.0. The van der Waals surface area contributed by atoms with E-state index in [2.05, 4.69) is 41.5 Å². The summed E-state index contributed by atoms with van der Waals surface area (Å²) < 4.78 is 0. The lowest BCUT2D eigenvalue weighted by Gasteiger charge is -2.04. The van der Waals surface area contributed by atoms with E-state index < -0.39 is 0 Å². The highest BCUT2D eigenvalue weighted by Gasteiger charge is 2.08. The molecule has 0 fully saturated rings. The Morgan fingerprint density at radius 1 is 1.15 bits per heavy atom. The Balaban J connectivity index is 1.53. The number of nitrogens with zero attached hydrogens (tertiary/aromatic N) is 2. The van der Waals surface area contributed by atoms with Crippen LogP contribution in [-0.4, -0.2) is 17.1 Å². The Labute approximate surface area is 157 Å². The van der Waals surface area contributed by atoms with E-state index >= 15 is 0 Å². The van der Waals surface area contributed by atoms with E-state index in [1.807, 2.05) is 47.8 Å². The summed E-state index contributed by atoms with van der Waals surface area (Å²) in [5, 5.41) is 6.78. The van der Waals surface area contributed by atoms with Crippen molar-refractivity contribution in [3.05, 3.63) is 76.1 Å². The number of nitrogens with one attached hydrogen (secondary N) is 1. The highest BCUT2D eigenvalue weighted by molar-refractivity contribution is 7.10. The Morgan fingerprint density at radius 2 is 1.88 bits per heavy atom. The number of thiazole rings is 1. The Kier molecular flexibility index (Phi) is 5.92. The Hall–Kier alpha value is -2.79. The molecule has 0 aliphatic heterocycles. The van der Waals surface area contributed by atoms with Crippen molar-refractivity contribution >= 4 is 23.5 Å². The zero-order valence-corrected chi connectivity index (χ0v) is 15.7.